The average molecular weight is 312 g/mol. The fourth-order valence-corrected chi connectivity index (χ4v) is 3.15. The van der Waals surface area contributed by atoms with E-state index >= 15 is 0 Å². The lowest BCUT2D eigenvalue weighted by Gasteiger charge is -2.24. The van der Waals surface area contributed by atoms with Gasteiger partial charge in [0.15, 0.2) is 5.78 Å². The first-order valence-electron chi connectivity index (χ1n) is 8.14. The monoisotopic (exact) mass is 312 g/mol. The molecule has 1 heterocycles. The van der Waals surface area contributed by atoms with Gasteiger partial charge in [0.1, 0.15) is 0 Å². The number of hydrogen-bond donors (Lipinski definition) is 1. The zero-order valence-corrected chi connectivity index (χ0v) is 12.8. The second-order valence-electron chi connectivity index (χ2n) is 6.13. The number of rotatable bonds is 5. The fourth-order valence-electron chi connectivity index (χ4n) is 3.15. The summed E-state index contributed by atoms with van der Waals surface area (Å²) in [6.45, 7) is 0.888. The Balaban J connectivity index is 1.96. The number of carboxylic acids is 1. The maximum absolute atomic E-state index is 12.3. The number of Topliss-reactive ketones (excluding diaryl/α,β-unsaturated/α-hetero) is 1. The van der Waals surface area contributed by atoms with Gasteiger partial charge in [-0.25, -0.2) is 4.79 Å². The lowest BCUT2D eigenvalue weighted by atomic mass is 9.92. The molecule has 0 radical (unpaired) electrons. The Kier molecular flexibility index (Phi) is 6.36. The van der Waals surface area contributed by atoms with E-state index in [9.17, 15) is 19.5 Å². The molecule has 1 saturated carbocycles. The van der Waals surface area contributed by atoms with Gasteiger partial charge in [0.2, 0.25) is 0 Å². The van der Waals surface area contributed by atoms with Crippen molar-refractivity contribution in [1.29, 1.82) is 0 Å². The van der Waals surface area contributed by atoms with E-state index in [1.54, 1.807) is 0 Å². The average Bonchev–Trinajstić information content (AvgIpc) is 2.81. The molecule has 0 bridgehead atoms. The second-order valence-corrected chi connectivity index (χ2v) is 6.13. The van der Waals surface area contributed by atoms with E-state index in [-0.39, 0.29) is 5.92 Å². The minimum absolute atomic E-state index is 0.271. The van der Waals surface area contributed by atoms with E-state index in [0.29, 0.717) is 26.1 Å². The number of carboxylic acid groups (broad SMARTS) is 1. The molecule has 0 amide bonds. The topological polar surface area (TPSA) is 89.9 Å². The Labute approximate surface area is 130 Å². The normalized spacial score (nSPS) is 22.5. The van der Waals surface area contributed by atoms with Crippen LogP contribution in [0.2, 0.25) is 0 Å². The Bertz CT molecular complexity index is 405. The molecule has 22 heavy (non-hydrogen) atoms. The summed E-state index contributed by atoms with van der Waals surface area (Å²) in [6, 6.07) is 0. The molecule has 6 nitrogen and oxygen atoms in total. The van der Waals surface area contributed by atoms with Crippen LogP contribution in [0.3, 0.4) is 0 Å². The van der Waals surface area contributed by atoms with Crippen LogP contribution in [0.5, 0.6) is 0 Å². The largest absolute Gasteiger partial charge is 0.478 e. The van der Waals surface area contributed by atoms with E-state index in [1.165, 1.54) is 0 Å². The molecule has 2 fully saturated rings. The molecule has 0 aromatic rings. The van der Waals surface area contributed by atoms with Crippen LogP contribution >= 0.6 is 0 Å². The first-order chi connectivity index (χ1) is 10.6. The van der Waals surface area contributed by atoms with E-state index in [2.05, 4.69) is 0 Å². The summed E-state index contributed by atoms with van der Waals surface area (Å²) >= 11 is 0. The van der Waals surface area contributed by atoms with Crippen LogP contribution in [0, 0.1) is 11.8 Å². The molecule has 1 aliphatic carbocycles. The molecule has 1 unspecified atom stereocenters. The molecule has 2 rings (SSSR count). The summed E-state index contributed by atoms with van der Waals surface area (Å²) in [5.41, 5.74) is 0. The first kappa shape index (κ1) is 16.9. The zero-order valence-electron chi connectivity index (χ0n) is 12.8. The lowest BCUT2D eigenvalue weighted by molar-refractivity contribution is -0.172. The minimum atomic E-state index is -1.67. The summed E-state index contributed by atoms with van der Waals surface area (Å²) in [5, 5.41) is 9.25. The molecule has 0 aromatic heterocycles. The van der Waals surface area contributed by atoms with Crippen molar-refractivity contribution in [2.75, 3.05) is 13.2 Å². The molecule has 2 aliphatic rings. The number of esters is 1. The van der Waals surface area contributed by atoms with Gasteiger partial charge >= 0.3 is 11.9 Å². The van der Waals surface area contributed by atoms with Crippen LogP contribution in [0.1, 0.15) is 51.4 Å². The number of carbonyl (C=O) groups excluding carboxylic acids is 2. The van der Waals surface area contributed by atoms with Crippen molar-refractivity contribution in [3.05, 3.63) is 0 Å². The Morgan fingerprint density at radius 1 is 0.909 bits per heavy atom. The first-order valence-corrected chi connectivity index (χ1v) is 8.14. The van der Waals surface area contributed by atoms with E-state index in [1.807, 2.05) is 0 Å². The van der Waals surface area contributed by atoms with Gasteiger partial charge in [-0.3, -0.25) is 9.59 Å². The van der Waals surface area contributed by atoms with Gasteiger partial charge < -0.3 is 14.6 Å². The predicted molar refractivity (Wildman–Crippen MR) is 77.3 cm³/mol. The SMILES string of the molecule is O=C(OC(C(=O)O)C(=O)C1CCOCC1)C1CCCCCC1. The van der Waals surface area contributed by atoms with E-state index in [0.717, 1.165) is 38.5 Å². The summed E-state index contributed by atoms with van der Waals surface area (Å²) in [7, 11) is 0. The van der Waals surface area contributed by atoms with E-state index in [4.69, 9.17) is 9.47 Å². The Hall–Kier alpha value is -1.43. The van der Waals surface area contributed by atoms with Crippen LogP contribution in [0.4, 0.5) is 0 Å². The quantitative estimate of drug-likeness (QED) is 0.474. The summed E-state index contributed by atoms with van der Waals surface area (Å²) < 4.78 is 10.3. The van der Waals surface area contributed by atoms with Crippen LogP contribution in [-0.2, 0) is 23.9 Å². The molecule has 1 aliphatic heterocycles. The smallest absolute Gasteiger partial charge is 0.352 e. The molecule has 1 N–H and O–H groups in total. The summed E-state index contributed by atoms with van der Waals surface area (Å²) in [4.78, 5) is 35.8. The summed E-state index contributed by atoms with van der Waals surface area (Å²) in [5.74, 6) is -3.07. The van der Waals surface area contributed by atoms with Crippen molar-refractivity contribution in [2.45, 2.75) is 57.5 Å². The van der Waals surface area contributed by atoms with Crippen LogP contribution in [0.15, 0.2) is 0 Å². The van der Waals surface area contributed by atoms with Gasteiger partial charge in [-0.1, -0.05) is 25.7 Å². The maximum Gasteiger partial charge on any atom is 0.352 e. The van der Waals surface area contributed by atoms with Crippen molar-refractivity contribution in [3.8, 4) is 0 Å². The van der Waals surface area contributed by atoms with Crippen LogP contribution in [-0.4, -0.2) is 42.1 Å². The highest BCUT2D eigenvalue weighted by Gasteiger charge is 2.37. The lowest BCUT2D eigenvalue weighted by Crippen LogP contribution is -2.41. The van der Waals surface area contributed by atoms with Crippen molar-refractivity contribution < 1.29 is 29.0 Å². The standard InChI is InChI=1S/C16H24O6/c17-13(11-7-9-21-10-8-11)14(15(18)19)22-16(20)12-5-3-1-2-4-6-12/h11-12,14H,1-10H2,(H,18,19). The molecule has 1 atom stereocenters. The third-order valence-corrected chi connectivity index (χ3v) is 4.53. The zero-order chi connectivity index (χ0) is 15.9. The number of carbonyl (C=O) groups is 3. The molecular formula is C16H24O6. The van der Waals surface area contributed by atoms with Gasteiger partial charge in [0.25, 0.3) is 6.10 Å². The molecule has 6 heteroatoms. The van der Waals surface area contributed by atoms with Crippen molar-refractivity contribution in [1.82, 2.24) is 0 Å². The van der Waals surface area contributed by atoms with Gasteiger partial charge in [0, 0.05) is 19.1 Å². The number of ether oxygens (including phenoxy) is 2. The van der Waals surface area contributed by atoms with Crippen molar-refractivity contribution in [3.63, 3.8) is 0 Å². The third kappa shape index (κ3) is 4.53. The fraction of sp³-hybridized carbons (Fsp3) is 0.812. The molecule has 1 saturated heterocycles. The molecule has 0 spiro atoms. The molecule has 0 aromatic carbocycles. The van der Waals surface area contributed by atoms with Gasteiger partial charge in [-0.05, 0) is 25.7 Å². The third-order valence-electron chi connectivity index (χ3n) is 4.53. The highest BCUT2D eigenvalue weighted by molar-refractivity contribution is 6.03. The Morgan fingerprint density at radius 2 is 1.50 bits per heavy atom. The van der Waals surface area contributed by atoms with Crippen molar-refractivity contribution >= 4 is 17.7 Å². The predicted octanol–water partition coefficient (Wildman–Crippen LogP) is 1.95. The Morgan fingerprint density at radius 3 is 2.05 bits per heavy atom. The maximum atomic E-state index is 12.3. The number of ketones is 1. The van der Waals surface area contributed by atoms with Gasteiger partial charge in [-0.2, -0.15) is 0 Å². The van der Waals surface area contributed by atoms with Gasteiger partial charge in [0.05, 0.1) is 5.92 Å². The highest BCUT2D eigenvalue weighted by atomic mass is 16.6. The number of aliphatic carboxylic acids is 1. The summed E-state index contributed by atoms with van der Waals surface area (Å²) in [6.07, 6.45) is 4.83. The van der Waals surface area contributed by atoms with Gasteiger partial charge in [-0.15, -0.1) is 0 Å². The van der Waals surface area contributed by atoms with Crippen LogP contribution in [0.25, 0.3) is 0 Å². The van der Waals surface area contributed by atoms with Crippen molar-refractivity contribution in [2.24, 2.45) is 11.8 Å². The molecular weight excluding hydrogens is 288 g/mol. The number of hydrogen-bond acceptors (Lipinski definition) is 5. The van der Waals surface area contributed by atoms with Crippen LogP contribution < -0.4 is 0 Å². The van der Waals surface area contributed by atoms with E-state index < -0.39 is 29.7 Å². The minimum Gasteiger partial charge on any atom is -0.478 e. The second kappa shape index (κ2) is 8.27. The highest BCUT2D eigenvalue weighted by Crippen LogP contribution is 2.25. The molecule has 124 valence electrons.